The molecule has 18 heavy (non-hydrogen) atoms. The summed E-state index contributed by atoms with van der Waals surface area (Å²) in [5.74, 6) is -2.47. The fourth-order valence-corrected chi connectivity index (χ4v) is 3.70. The number of nitrogens with zero attached hydrogens (tertiary/aromatic N) is 1. The molecule has 4 nitrogen and oxygen atoms in total. The highest BCUT2D eigenvalue weighted by atomic mass is 32.2. The van der Waals surface area contributed by atoms with Crippen molar-refractivity contribution in [3.05, 3.63) is 29.8 Å². The second-order valence-corrected chi connectivity index (χ2v) is 6.08. The van der Waals surface area contributed by atoms with E-state index in [4.69, 9.17) is 0 Å². The van der Waals surface area contributed by atoms with Gasteiger partial charge in [0.1, 0.15) is 4.90 Å². The summed E-state index contributed by atoms with van der Waals surface area (Å²) >= 11 is 0. The molecule has 1 fully saturated rings. The van der Waals surface area contributed by atoms with Gasteiger partial charge in [-0.25, -0.2) is 17.2 Å². The Labute approximate surface area is 105 Å². The van der Waals surface area contributed by atoms with Crippen LogP contribution >= 0.6 is 0 Å². The Hall–Kier alpha value is -1.05. The average Bonchev–Trinajstić information content (AvgIpc) is 2.32. The van der Waals surface area contributed by atoms with Gasteiger partial charge >= 0.3 is 0 Å². The third-order valence-corrected chi connectivity index (χ3v) is 4.97. The normalized spacial score (nSPS) is 22.1. The van der Waals surface area contributed by atoms with Gasteiger partial charge in [-0.3, -0.25) is 0 Å². The van der Waals surface area contributed by atoms with Crippen LogP contribution < -0.4 is 5.32 Å². The number of piperazine rings is 1. The number of nitrogens with one attached hydrogen (secondary N) is 1. The number of sulfonamides is 1. The second-order valence-electron chi connectivity index (χ2n) is 4.22. The summed E-state index contributed by atoms with van der Waals surface area (Å²) in [5.41, 5.74) is 0. The van der Waals surface area contributed by atoms with Crippen molar-refractivity contribution in [3.8, 4) is 0 Å². The minimum atomic E-state index is -3.99. The van der Waals surface area contributed by atoms with Gasteiger partial charge < -0.3 is 5.32 Å². The highest BCUT2D eigenvalue weighted by Crippen LogP contribution is 2.23. The number of benzene rings is 1. The molecule has 0 radical (unpaired) electrons. The van der Waals surface area contributed by atoms with Crippen molar-refractivity contribution in [2.75, 3.05) is 19.6 Å². The molecule has 0 aliphatic carbocycles. The fraction of sp³-hybridized carbons (Fsp3) is 0.455. The topological polar surface area (TPSA) is 49.4 Å². The van der Waals surface area contributed by atoms with E-state index in [1.54, 1.807) is 6.92 Å². The summed E-state index contributed by atoms with van der Waals surface area (Å²) in [6, 6.07) is 2.89. The van der Waals surface area contributed by atoms with Gasteiger partial charge in [-0.05, 0) is 19.1 Å². The Morgan fingerprint density at radius 2 is 2.11 bits per heavy atom. The van der Waals surface area contributed by atoms with Crippen molar-refractivity contribution < 1.29 is 17.2 Å². The second kappa shape index (κ2) is 4.91. The summed E-state index contributed by atoms with van der Waals surface area (Å²) in [5, 5.41) is 3.04. The molecule has 100 valence electrons. The predicted molar refractivity (Wildman–Crippen MR) is 62.6 cm³/mol. The molecule has 0 amide bonds. The average molecular weight is 276 g/mol. The molecule has 7 heteroatoms. The Kier molecular flexibility index (Phi) is 3.65. The molecular weight excluding hydrogens is 262 g/mol. The van der Waals surface area contributed by atoms with E-state index < -0.39 is 26.6 Å². The van der Waals surface area contributed by atoms with Crippen LogP contribution in [0.5, 0.6) is 0 Å². The van der Waals surface area contributed by atoms with Crippen molar-refractivity contribution in [2.45, 2.75) is 17.9 Å². The Balaban J connectivity index is 2.44. The molecule has 1 saturated heterocycles. The number of halogens is 2. The molecular formula is C11H14F2N2O2S. The number of hydrogen-bond donors (Lipinski definition) is 1. The maximum atomic E-state index is 13.6. The molecule has 1 heterocycles. The largest absolute Gasteiger partial charge is 0.314 e. The highest BCUT2D eigenvalue weighted by molar-refractivity contribution is 7.89. The van der Waals surface area contributed by atoms with Crippen LogP contribution in [0.15, 0.2) is 23.1 Å². The van der Waals surface area contributed by atoms with Crippen LogP contribution in [0.4, 0.5) is 8.78 Å². The summed E-state index contributed by atoms with van der Waals surface area (Å²) < 4.78 is 52.4. The molecule has 0 aromatic heterocycles. The van der Waals surface area contributed by atoms with Crippen LogP contribution in [-0.4, -0.2) is 38.4 Å². The first kappa shape index (κ1) is 13.4. The zero-order valence-electron chi connectivity index (χ0n) is 9.86. The van der Waals surface area contributed by atoms with Crippen LogP contribution in [0.2, 0.25) is 0 Å². The Morgan fingerprint density at radius 3 is 2.78 bits per heavy atom. The van der Waals surface area contributed by atoms with Crippen LogP contribution in [-0.2, 0) is 10.0 Å². The molecule has 0 spiro atoms. The number of rotatable bonds is 2. The van der Waals surface area contributed by atoms with E-state index in [0.29, 0.717) is 13.1 Å². The minimum absolute atomic E-state index is 0.249. The monoisotopic (exact) mass is 276 g/mol. The van der Waals surface area contributed by atoms with Gasteiger partial charge in [-0.1, -0.05) is 6.07 Å². The SMILES string of the molecule is C[C@H]1CNCCN1S(=O)(=O)c1cccc(F)c1F. The Morgan fingerprint density at radius 1 is 1.39 bits per heavy atom. The van der Waals surface area contributed by atoms with Gasteiger partial charge in [0.25, 0.3) is 0 Å². The van der Waals surface area contributed by atoms with Gasteiger partial charge in [0.2, 0.25) is 10.0 Å². The lowest BCUT2D eigenvalue weighted by atomic mass is 10.3. The summed E-state index contributed by atoms with van der Waals surface area (Å²) in [6.45, 7) is 2.97. The van der Waals surface area contributed by atoms with Crippen LogP contribution in [0.1, 0.15) is 6.92 Å². The zero-order valence-corrected chi connectivity index (χ0v) is 10.7. The van der Waals surface area contributed by atoms with E-state index in [1.807, 2.05) is 0 Å². The molecule has 1 aromatic carbocycles. The summed E-state index contributed by atoms with van der Waals surface area (Å²) in [7, 11) is -3.99. The van der Waals surface area contributed by atoms with E-state index >= 15 is 0 Å². The molecule has 1 N–H and O–H groups in total. The van der Waals surface area contributed by atoms with E-state index in [9.17, 15) is 17.2 Å². The van der Waals surface area contributed by atoms with E-state index in [0.717, 1.165) is 12.1 Å². The van der Waals surface area contributed by atoms with Crippen molar-refractivity contribution in [3.63, 3.8) is 0 Å². The van der Waals surface area contributed by atoms with Crippen molar-refractivity contribution >= 4 is 10.0 Å². The lowest BCUT2D eigenvalue weighted by molar-refractivity contribution is 0.282. The minimum Gasteiger partial charge on any atom is -0.314 e. The van der Waals surface area contributed by atoms with Gasteiger partial charge in [-0.2, -0.15) is 4.31 Å². The molecule has 1 atom stereocenters. The third kappa shape index (κ3) is 2.25. The maximum absolute atomic E-state index is 13.6. The van der Waals surface area contributed by atoms with Crippen LogP contribution in [0, 0.1) is 11.6 Å². The Bertz CT molecular complexity index is 548. The molecule has 0 unspecified atom stereocenters. The smallest absolute Gasteiger partial charge is 0.246 e. The van der Waals surface area contributed by atoms with Gasteiger partial charge in [0, 0.05) is 25.7 Å². The predicted octanol–water partition coefficient (Wildman–Crippen LogP) is 0.947. The molecule has 0 bridgehead atoms. The zero-order chi connectivity index (χ0) is 13.3. The molecule has 1 aliphatic heterocycles. The van der Waals surface area contributed by atoms with E-state index in [-0.39, 0.29) is 12.6 Å². The van der Waals surface area contributed by atoms with E-state index in [2.05, 4.69) is 5.32 Å². The van der Waals surface area contributed by atoms with Crippen molar-refractivity contribution in [1.82, 2.24) is 9.62 Å². The van der Waals surface area contributed by atoms with Gasteiger partial charge in [0.15, 0.2) is 11.6 Å². The summed E-state index contributed by atoms with van der Waals surface area (Å²) in [6.07, 6.45) is 0. The summed E-state index contributed by atoms with van der Waals surface area (Å²) in [4.78, 5) is -0.601. The molecule has 2 rings (SSSR count). The van der Waals surface area contributed by atoms with Crippen molar-refractivity contribution in [1.29, 1.82) is 0 Å². The first-order valence-corrected chi connectivity index (χ1v) is 7.05. The van der Waals surface area contributed by atoms with Crippen LogP contribution in [0.3, 0.4) is 0 Å². The third-order valence-electron chi connectivity index (χ3n) is 2.94. The van der Waals surface area contributed by atoms with Crippen LogP contribution in [0.25, 0.3) is 0 Å². The molecule has 1 aliphatic rings. The quantitative estimate of drug-likeness (QED) is 0.875. The lowest BCUT2D eigenvalue weighted by Crippen LogP contribution is -2.52. The number of hydrogen-bond acceptors (Lipinski definition) is 3. The molecule has 0 saturated carbocycles. The molecule has 1 aromatic rings. The first-order chi connectivity index (χ1) is 8.44. The van der Waals surface area contributed by atoms with Crippen molar-refractivity contribution in [2.24, 2.45) is 0 Å². The highest BCUT2D eigenvalue weighted by Gasteiger charge is 2.33. The maximum Gasteiger partial charge on any atom is 0.246 e. The lowest BCUT2D eigenvalue weighted by Gasteiger charge is -2.32. The van der Waals surface area contributed by atoms with E-state index in [1.165, 1.54) is 10.4 Å². The fourth-order valence-electron chi connectivity index (χ4n) is 1.99. The van der Waals surface area contributed by atoms with Gasteiger partial charge in [-0.15, -0.1) is 0 Å². The van der Waals surface area contributed by atoms with Gasteiger partial charge in [0.05, 0.1) is 0 Å². The first-order valence-electron chi connectivity index (χ1n) is 5.61. The standard InChI is InChI=1S/C11H14F2N2O2S/c1-8-7-14-5-6-15(8)18(16,17)10-4-2-3-9(12)11(10)13/h2-4,8,14H,5-7H2,1H3/t8-/m0/s1.